The largest absolute Gasteiger partial charge is 0.423 e. The van der Waals surface area contributed by atoms with Crippen molar-refractivity contribution in [1.29, 1.82) is 0 Å². The van der Waals surface area contributed by atoms with Gasteiger partial charge in [0.1, 0.15) is 17.1 Å². The van der Waals surface area contributed by atoms with Crippen molar-refractivity contribution in [2.75, 3.05) is 4.90 Å². The molecule has 4 rings (SSSR count). The summed E-state index contributed by atoms with van der Waals surface area (Å²) in [7, 11) is 0. The Morgan fingerprint density at radius 1 is 1.05 bits per heavy atom. The second kappa shape index (κ2) is 11.0. The topological polar surface area (TPSA) is 136 Å². The molecule has 3 aromatic rings. The lowest BCUT2D eigenvalue weighted by molar-refractivity contribution is -0.384. The van der Waals surface area contributed by atoms with E-state index in [1.165, 1.54) is 60.7 Å². The maximum Gasteiger partial charge on any atom is 0.336 e. The van der Waals surface area contributed by atoms with Crippen LogP contribution < -0.4 is 15.0 Å². The number of para-hydroxylation sites is 1. The van der Waals surface area contributed by atoms with Gasteiger partial charge in [-0.15, -0.1) is 0 Å². The Morgan fingerprint density at radius 3 is 2.45 bits per heavy atom. The van der Waals surface area contributed by atoms with Crippen LogP contribution in [0.1, 0.15) is 11.1 Å². The highest BCUT2D eigenvalue weighted by Gasteiger charge is 2.38. The first kappa shape index (κ1) is 26.1. The number of nitro benzene ring substituents is 1. The van der Waals surface area contributed by atoms with Crippen molar-refractivity contribution in [3.63, 3.8) is 0 Å². The van der Waals surface area contributed by atoms with Gasteiger partial charge in [0.25, 0.3) is 17.5 Å². The van der Waals surface area contributed by atoms with Gasteiger partial charge in [-0.3, -0.25) is 25.0 Å². The lowest BCUT2D eigenvalue weighted by Crippen LogP contribution is -2.54. The molecule has 12 heteroatoms. The summed E-state index contributed by atoms with van der Waals surface area (Å²) in [6.07, 6.45) is 3.60. The average molecular weight is 580 g/mol. The highest BCUT2D eigenvalue weighted by Crippen LogP contribution is 2.29. The number of benzene rings is 3. The maximum atomic E-state index is 14.3. The lowest BCUT2D eigenvalue weighted by Gasteiger charge is -2.26. The number of nitro groups is 1. The zero-order chi connectivity index (χ0) is 27.4. The molecule has 38 heavy (non-hydrogen) atoms. The van der Waals surface area contributed by atoms with E-state index in [4.69, 9.17) is 4.74 Å². The average Bonchev–Trinajstić information content (AvgIpc) is 2.88. The first-order valence-corrected chi connectivity index (χ1v) is 11.5. The molecule has 0 saturated carbocycles. The number of nitrogens with zero attached hydrogens (tertiary/aromatic N) is 2. The van der Waals surface area contributed by atoms with Crippen molar-refractivity contribution >= 4 is 63.3 Å². The van der Waals surface area contributed by atoms with Crippen molar-refractivity contribution in [1.82, 2.24) is 5.32 Å². The number of ether oxygens (including phenoxy) is 1. The van der Waals surface area contributed by atoms with Gasteiger partial charge in [0, 0.05) is 28.2 Å². The predicted molar refractivity (Wildman–Crippen MR) is 137 cm³/mol. The number of non-ortho nitro benzene ring substituents is 1. The fourth-order valence-corrected chi connectivity index (χ4v) is 3.78. The monoisotopic (exact) mass is 579 g/mol. The van der Waals surface area contributed by atoms with Crippen LogP contribution in [0.25, 0.3) is 12.2 Å². The van der Waals surface area contributed by atoms with E-state index >= 15 is 0 Å². The lowest BCUT2D eigenvalue weighted by atomic mass is 10.1. The minimum atomic E-state index is -1.11. The Morgan fingerprint density at radius 2 is 1.76 bits per heavy atom. The van der Waals surface area contributed by atoms with E-state index in [0.29, 0.717) is 14.9 Å². The first-order valence-electron chi connectivity index (χ1n) is 10.7. The van der Waals surface area contributed by atoms with Gasteiger partial charge in [-0.25, -0.2) is 18.9 Å². The molecule has 190 valence electrons. The van der Waals surface area contributed by atoms with Gasteiger partial charge in [0.15, 0.2) is 0 Å². The summed E-state index contributed by atoms with van der Waals surface area (Å²) in [6.45, 7) is 0. The fourth-order valence-electron chi connectivity index (χ4n) is 3.40. The molecular weight excluding hydrogens is 565 g/mol. The highest BCUT2D eigenvalue weighted by molar-refractivity contribution is 9.10. The van der Waals surface area contributed by atoms with Crippen LogP contribution in [0.4, 0.5) is 20.6 Å². The minimum absolute atomic E-state index is 0.0195. The van der Waals surface area contributed by atoms with Crippen molar-refractivity contribution in [3.8, 4) is 5.75 Å². The molecule has 1 N–H and O–H groups in total. The number of carbonyl (C=O) groups excluding carboxylic acids is 4. The molecule has 10 nitrogen and oxygen atoms in total. The summed E-state index contributed by atoms with van der Waals surface area (Å²) in [5, 5.41) is 12.8. The fraction of sp³-hybridized carbons (Fsp3) is 0. The number of hydrogen-bond donors (Lipinski definition) is 1. The van der Waals surface area contributed by atoms with Crippen molar-refractivity contribution in [3.05, 3.63) is 110 Å². The summed E-state index contributed by atoms with van der Waals surface area (Å²) < 4.78 is 20.2. The Hall–Kier alpha value is -4.97. The van der Waals surface area contributed by atoms with Crippen LogP contribution in [0.2, 0.25) is 0 Å². The molecule has 1 aliphatic heterocycles. The van der Waals surface area contributed by atoms with Crippen molar-refractivity contribution in [2.45, 2.75) is 0 Å². The van der Waals surface area contributed by atoms with Crippen LogP contribution in [0, 0.1) is 15.9 Å². The molecule has 1 heterocycles. The van der Waals surface area contributed by atoms with Crippen molar-refractivity contribution in [2.24, 2.45) is 0 Å². The zero-order valence-corrected chi connectivity index (χ0v) is 20.7. The quantitative estimate of drug-likeness (QED) is 0.111. The summed E-state index contributed by atoms with van der Waals surface area (Å²) in [4.78, 5) is 61.1. The van der Waals surface area contributed by atoms with Gasteiger partial charge in [0.05, 0.1) is 10.6 Å². The number of halogens is 2. The van der Waals surface area contributed by atoms with E-state index in [2.05, 4.69) is 15.9 Å². The standard InChI is InChI=1S/C26H15BrFN3O7/c27-17-8-11-22(38-23(32)12-7-15-5-9-18(10-6-15)31(36)37)16(13-17)14-19-24(33)29-26(35)30(25(19)34)21-4-2-1-3-20(21)28/h1-14H,(H,29,33,35)/b12-7+,19-14-. The minimum Gasteiger partial charge on any atom is -0.423 e. The third-order valence-corrected chi connectivity index (χ3v) is 5.69. The predicted octanol–water partition coefficient (Wildman–Crippen LogP) is 4.78. The summed E-state index contributed by atoms with van der Waals surface area (Å²) in [5.41, 5.74) is -0.296. The summed E-state index contributed by atoms with van der Waals surface area (Å²) in [5.74, 6) is -3.76. The summed E-state index contributed by atoms with van der Waals surface area (Å²) in [6, 6.07) is 13.9. The molecule has 0 aliphatic carbocycles. The van der Waals surface area contributed by atoms with E-state index in [1.807, 2.05) is 5.32 Å². The SMILES string of the molecule is O=C(/C=C/c1ccc([N+](=O)[O-])cc1)Oc1ccc(Br)cc1/C=C1/C(=O)NC(=O)N(c2ccccc2F)C1=O. The van der Waals surface area contributed by atoms with Gasteiger partial charge in [-0.2, -0.15) is 0 Å². The second-order valence-corrected chi connectivity index (χ2v) is 8.61. The molecule has 1 saturated heterocycles. The van der Waals surface area contributed by atoms with Crippen LogP contribution in [0.3, 0.4) is 0 Å². The molecule has 0 aromatic heterocycles. The molecule has 0 radical (unpaired) electrons. The molecule has 0 bridgehead atoms. The number of esters is 1. The van der Waals surface area contributed by atoms with Crippen LogP contribution in [-0.2, 0) is 14.4 Å². The number of nitrogens with one attached hydrogen (secondary N) is 1. The van der Waals surface area contributed by atoms with E-state index in [1.54, 1.807) is 6.07 Å². The molecule has 0 spiro atoms. The normalized spacial score (nSPS) is 14.6. The second-order valence-electron chi connectivity index (χ2n) is 7.69. The number of barbiturate groups is 1. The zero-order valence-electron chi connectivity index (χ0n) is 19.1. The van der Waals surface area contributed by atoms with E-state index in [-0.39, 0.29) is 22.7 Å². The van der Waals surface area contributed by atoms with Gasteiger partial charge in [-0.05, 0) is 60.2 Å². The Bertz CT molecular complexity index is 1550. The number of carbonyl (C=O) groups is 4. The molecule has 0 unspecified atom stereocenters. The third-order valence-electron chi connectivity index (χ3n) is 5.19. The van der Waals surface area contributed by atoms with E-state index < -0.39 is 40.1 Å². The third kappa shape index (κ3) is 5.71. The molecule has 4 amide bonds. The van der Waals surface area contributed by atoms with Gasteiger partial charge in [0.2, 0.25) is 0 Å². The number of hydrogen-bond acceptors (Lipinski definition) is 7. The van der Waals surface area contributed by atoms with Gasteiger partial charge in [-0.1, -0.05) is 28.1 Å². The highest BCUT2D eigenvalue weighted by atomic mass is 79.9. The Kier molecular flexibility index (Phi) is 7.53. The van der Waals surface area contributed by atoms with Crippen LogP contribution >= 0.6 is 15.9 Å². The first-order chi connectivity index (χ1) is 18.1. The number of rotatable bonds is 6. The number of anilines is 1. The summed E-state index contributed by atoms with van der Waals surface area (Å²) >= 11 is 3.27. The molecule has 3 aromatic carbocycles. The molecule has 0 atom stereocenters. The van der Waals surface area contributed by atoms with E-state index in [9.17, 15) is 33.7 Å². The molecular formula is C26H15BrFN3O7. The smallest absolute Gasteiger partial charge is 0.336 e. The van der Waals surface area contributed by atoms with E-state index in [0.717, 1.165) is 18.2 Å². The van der Waals surface area contributed by atoms with Gasteiger partial charge < -0.3 is 4.74 Å². The van der Waals surface area contributed by atoms with Crippen LogP contribution in [0.5, 0.6) is 5.75 Å². The maximum absolute atomic E-state index is 14.3. The number of amides is 4. The molecule has 1 aliphatic rings. The van der Waals surface area contributed by atoms with Crippen LogP contribution in [-0.4, -0.2) is 28.7 Å². The molecule has 1 fully saturated rings. The van der Waals surface area contributed by atoms with Gasteiger partial charge >= 0.3 is 12.0 Å². The Labute approximate surface area is 222 Å². The Balaban J connectivity index is 1.61. The number of imide groups is 2. The number of urea groups is 1. The van der Waals surface area contributed by atoms with Crippen molar-refractivity contribution < 1.29 is 33.2 Å². The van der Waals surface area contributed by atoms with Crippen LogP contribution in [0.15, 0.2) is 82.9 Å².